The van der Waals surface area contributed by atoms with Gasteiger partial charge in [-0.05, 0) is 25.1 Å². The average Bonchev–Trinajstić information content (AvgIpc) is 2.50. The molecular formula is C16H18N2O3. The largest absolute Gasteiger partial charge is 0.493 e. The normalized spacial score (nSPS) is 10.0. The summed E-state index contributed by atoms with van der Waals surface area (Å²) in [7, 11) is 1.54. The standard InChI is InChI=1S/C16H18N2O3/c1-12-3-6-14(7-4-12)21-10-9-15(19)18-13-5-8-16(20-2)17-11-13/h3-8,11H,9-10H2,1-2H3,(H,18,19). The number of aromatic nitrogens is 1. The van der Waals surface area contributed by atoms with Gasteiger partial charge in [0.1, 0.15) is 5.75 Å². The molecule has 0 spiro atoms. The molecule has 21 heavy (non-hydrogen) atoms. The molecule has 1 aromatic carbocycles. The maximum absolute atomic E-state index is 11.8. The number of rotatable bonds is 6. The number of hydrogen-bond acceptors (Lipinski definition) is 4. The molecule has 5 nitrogen and oxygen atoms in total. The second-order valence-electron chi connectivity index (χ2n) is 4.55. The second kappa shape index (κ2) is 7.28. The molecule has 2 rings (SSSR count). The highest BCUT2D eigenvalue weighted by Gasteiger charge is 2.04. The molecule has 0 aliphatic rings. The molecule has 110 valence electrons. The van der Waals surface area contributed by atoms with Crippen LogP contribution < -0.4 is 14.8 Å². The summed E-state index contributed by atoms with van der Waals surface area (Å²) in [5, 5.41) is 2.75. The molecule has 2 aromatic rings. The number of nitrogens with one attached hydrogen (secondary N) is 1. The molecule has 1 amide bonds. The van der Waals surface area contributed by atoms with Crippen LogP contribution in [0.4, 0.5) is 5.69 Å². The summed E-state index contributed by atoms with van der Waals surface area (Å²) in [6.07, 6.45) is 1.83. The lowest BCUT2D eigenvalue weighted by atomic mass is 10.2. The van der Waals surface area contributed by atoms with Crippen molar-refractivity contribution in [2.24, 2.45) is 0 Å². The van der Waals surface area contributed by atoms with Crippen LogP contribution in [-0.2, 0) is 4.79 Å². The molecule has 0 fully saturated rings. The average molecular weight is 286 g/mol. The molecule has 1 N–H and O–H groups in total. The summed E-state index contributed by atoms with van der Waals surface area (Å²) in [6.45, 7) is 2.35. The van der Waals surface area contributed by atoms with E-state index >= 15 is 0 Å². The highest BCUT2D eigenvalue weighted by molar-refractivity contribution is 5.90. The number of ether oxygens (including phenoxy) is 2. The Kier molecular flexibility index (Phi) is 5.15. The minimum absolute atomic E-state index is 0.117. The molecule has 0 bridgehead atoms. The van der Waals surface area contributed by atoms with Gasteiger partial charge in [-0.3, -0.25) is 4.79 Å². The molecule has 0 atom stereocenters. The summed E-state index contributed by atoms with van der Waals surface area (Å²) < 4.78 is 10.5. The van der Waals surface area contributed by atoms with Crippen molar-refractivity contribution in [1.82, 2.24) is 4.98 Å². The first kappa shape index (κ1) is 14.8. The number of amides is 1. The second-order valence-corrected chi connectivity index (χ2v) is 4.55. The van der Waals surface area contributed by atoms with Crippen LogP contribution >= 0.6 is 0 Å². The highest BCUT2D eigenvalue weighted by Crippen LogP contribution is 2.13. The fourth-order valence-corrected chi connectivity index (χ4v) is 1.69. The Morgan fingerprint density at radius 1 is 1.19 bits per heavy atom. The van der Waals surface area contributed by atoms with Gasteiger partial charge >= 0.3 is 0 Å². The molecule has 1 heterocycles. The molecular weight excluding hydrogens is 268 g/mol. The van der Waals surface area contributed by atoms with Crippen molar-refractivity contribution in [2.75, 3.05) is 19.0 Å². The molecule has 5 heteroatoms. The Balaban J connectivity index is 1.75. The van der Waals surface area contributed by atoms with Gasteiger partial charge in [0.05, 0.1) is 32.0 Å². The lowest BCUT2D eigenvalue weighted by molar-refractivity contribution is -0.116. The zero-order valence-corrected chi connectivity index (χ0v) is 12.1. The Morgan fingerprint density at radius 2 is 1.95 bits per heavy atom. The van der Waals surface area contributed by atoms with Crippen molar-refractivity contribution in [3.63, 3.8) is 0 Å². The molecule has 0 unspecified atom stereocenters. The van der Waals surface area contributed by atoms with E-state index in [0.29, 0.717) is 18.2 Å². The number of hydrogen-bond donors (Lipinski definition) is 1. The molecule has 0 saturated carbocycles. The first-order chi connectivity index (χ1) is 10.2. The van der Waals surface area contributed by atoms with Gasteiger partial charge < -0.3 is 14.8 Å². The lowest BCUT2D eigenvalue weighted by Gasteiger charge is -2.07. The fraction of sp³-hybridized carbons (Fsp3) is 0.250. The number of pyridine rings is 1. The van der Waals surface area contributed by atoms with Gasteiger partial charge in [0.25, 0.3) is 0 Å². The van der Waals surface area contributed by atoms with Crippen molar-refractivity contribution in [2.45, 2.75) is 13.3 Å². The van der Waals surface area contributed by atoms with Crippen LogP contribution in [0.1, 0.15) is 12.0 Å². The fourth-order valence-electron chi connectivity index (χ4n) is 1.69. The van der Waals surface area contributed by atoms with E-state index in [4.69, 9.17) is 9.47 Å². The van der Waals surface area contributed by atoms with E-state index < -0.39 is 0 Å². The van der Waals surface area contributed by atoms with Gasteiger partial charge in [-0.25, -0.2) is 4.98 Å². The number of aryl methyl sites for hydroxylation is 1. The van der Waals surface area contributed by atoms with E-state index in [1.165, 1.54) is 5.56 Å². The maximum atomic E-state index is 11.8. The number of carbonyl (C=O) groups excluding carboxylic acids is 1. The third-order valence-electron chi connectivity index (χ3n) is 2.85. The van der Waals surface area contributed by atoms with Crippen LogP contribution in [-0.4, -0.2) is 24.6 Å². The van der Waals surface area contributed by atoms with Gasteiger partial charge in [-0.2, -0.15) is 0 Å². The Labute approximate surface area is 123 Å². The number of methoxy groups -OCH3 is 1. The molecule has 1 aromatic heterocycles. The van der Waals surface area contributed by atoms with Gasteiger partial charge in [0.2, 0.25) is 11.8 Å². The van der Waals surface area contributed by atoms with Gasteiger partial charge in [-0.1, -0.05) is 17.7 Å². The van der Waals surface area contributed by atoms with Crippen LogP contribution in [0.25, 0.3) is 0 Å². The van der Waals surface area contributed by atoms with Gasteiger partial charge in [0, 0.05) is 6.07 Å². The van der Waals surface area contributed by atoms with Crippen LogP contribution in [0.15, 0.2) is 42.6 Å². The third kappa shape index (κ3) is 4.80. The molecule has 0 aliphatic carbocycles. The monoisotopic (exact) mass is 286 g/mol. The first-order valence-corrected chi connectivity index (χ1v) is 6.67. The van der Waals surface area contributed by atoms with Crippen LogP contribution in [0.5, 0.6) is 11.6 Å². The van der Waals surface area contributed by atoms with Crippen molar-refractivity contribution in [3.8, 4) is 11.6 Å². The number of carbonyl (C=O) groups is 1. The van der Waals surface area contributed by atoms with Gasteiger partial charge in [-0.15, -0.1) is 0 Å². The minimum Gasteiger partial charge on any atom is -0.493 e. The van der Waals surface area contributed by atoms with E-state index in [-0.39, 0.29) is 12.3 Å². The van der Waals surface area contributed by atoms with Crippen molar-refractivity contribution < 1.29 is 14.3 Å². The van der Waals surface area contributed by atoms with Crippen molar-refractivity contribution >= 4 is 11.6 Å². The first-order valence-electron chi connectivity index (χ1n) is 6.67. The summed E-state index contributed by atoms with van der Waals surface area (Å²) >= 11 is 0. The molecule has 0 aliphatic heterocycles. The zero-order valence-electron chi connectivity index (χ0n) is 12.1. The quantitative estimate of drug-likeness (QED) is 0.887. The van der Waals surface area contributed by atoms with E-state index in [2.05, 4.69) is 10.3 Å². The zero-order chi connectivity index (χ0) is 15.1. The van der Waals surface area contributed by atoms with E-state index in [1.807, 2.05) is 31.2 Å². The Bertz CT molecular complexity index is 579. The van der Waals surface area contributed by atoms with E-state index in [9.17, 15) is 4.79 Å². The smallest absolute Gasteiger partial charge is 0.227 e. The van der Waals surface area contributed by atoms with Crippen molar-refractivity contribution in [3.05, 3.63) is 48.2 Å². The topological polar surface area (TPSA) is 60.5 Å². The predicted octanol–water partition coefficient (Wildman–Crippen LogP) is 2.81. The van der Waals surface area contributed by atoms with E-state index in [1.54, 1.807) is 25.4 Å². The predicted molar refractivity (Wildman–Crippen MR) is 80.7 cm³/mol. The Hall–Kier alpha value is -2.56. The van der Waals surface area contributed by atoms with Crippen molar-refractivity contribution in [1.29, 1.82) is 0 Å². The molecule has 0 saturated heterocycles. The lowest BCUT2D eigenvalue weighted by Crippen LogP contribution is -2.15. The Morgan fingerprint density at radius 3 is 2.57 bits per heavy atom. The molecule has 0 radical (unpaired) electrons. The number of benzene rings is 1. The maximum Gasteiger partial charge on any atom is 0.227 e. The summed E-state index contributed by atoms with van der Waals surface area (Å²) in [6, 6.07) is 11.2. The van der Waals surface area contributed by atoms with Crippen LogP contribution in [0.3, 0.4) is 0 Å². The third-order valence-corrected chi connectivity index (χ3v) is 2.85. The number of nitrogens with zero attached hydrogens (tertiary/aromatic N) is 1. The number of anilines is 1. The van der Waals surface area contributed by atoms with Crippen LogP contribution in [0.2, 0.25) is 0 Å². The van der Waals surface area contributed by atoms with Gasteiger partial charge in [0.15, 0.2) is 0 Å². The summed E-state index contributed by atoms with van der Waals surface area (Å²) in [5.74, 6) is 1.16. The minimum atomic E-state index is -0.117. The highest BCUT2D eigenvalue weighted by atomic mass is 16.5. The summed E-state index contributed by atoms with van der Waals surface area (Å²) in [4.78, 5) is 15.8. The van der Waals surface area contributed by atoms with E-state index in [0.717, 1.165) is 5.75 Å². The summed E-state index contributed by atoms with van der Waals surface area (Å²) in [5.41, 5.74) is 1.81. The SMILES string of the molecule is COc1ccc(NC(=O)CCOc2ccc(C)cc2)cn1. The van der Waals surface area contributed by atoms with Crippen LogP contribution in [0, 0.1) is 6.92 Å².